The predicted octanol–water partition coefficient (Wildman–Crippen LogP) is 4.08. The van der Waals surface area contributed by atoms with Gasteiger partial charge in [-0.15, -0.1) is 21.5 Å². The zero-order valence-electron chi connectivity index (χ0n) is 14.0. The topological polar surface area (TPSA) is 56.0 Å². The van der Waals surface area contributed by atoms with Crippen molar-refractivity contribution >= 4 is 28.7 Å². The number of aryl methyl sites for hydroxylation is 2. The molecule has 3 heterocycles. The van der Waals surface area contributed by atoms with E-state index in [-0.39, 0.29) is 0 Å². The van der Waals surface area contributed by atoms with Crippen LogP contribution in [0.3, 0.4) is 0 Å². The minimum Gasteiger partial charge on any atom is -0.258 e. The van der Waals surface area contributed by atoms with Gasteiger partial charge in [-0.3, -0.25) is 4.40 Å². The van der Waals surface area contributed by atoms with Gasteiger partial charge in [-0.1, -0.05) is 42.1 Å². The third kappa shape index (κ3) is 3.57. The van der Waals surface area contributed by atoms with E-state index >= 15 is 0 Å². The number of fused-ring (bicyclic) bond motifs is 1. The highest BCUT2D eigenvalue weighted by atomic mass is 32.2. The number of hydrogen-bond donors (Lipinski definition) is 0. The quantitative estimate of drug-likeness (QED) is 0.498. The summed E-state index contributed by atoms with van der Waals surface area (Å²) in [6.07, 6.45) is 0.881. The predicted molar refractivity (Wildman–Crippen MR) is 101 cm³/mol. The molecule has 0 aliphatic rings. The van der Waals surface area contributed by atoms with Crippen molar-refractivity contribution in [1.82, 2.24) is 24.6 Å². The summed E-state index contributed by atoms with van der Waals surface area (Å²) in [5, 5.41) is 12.7. The van der Waals surface area contributed by atoms with Gasteiger partial charge in [0.1, 0.15) is 5.82 Å². The number of thiazole rings is 1. The first-order chi connectivity index (χ1) is 12.2. The highest BCUT2D eigenvalue weighted by molar-refractivity contribution is 7.98. The van der Waals surface area contributed by atoms with Crippen LogP contribution < -0.4 is 0 Å². The van der Waals surface area contributed by atoms with Crippen molar-refractivity contribution in [3.8, 4) is 0 Å². The van der Waals surface area contributed by atoms with Crippen molar-refractivity contribution < 1.29 is 0 Å². The van der Waals surface area contributed by atoms with Crippen molar-refractivity contribution in [2.24, 2.45) is 0 Å². The Balaban J connectivity index is 1.47. The molecular weight excluding hydrogens is 350 g/mol. The minimum absolute atomic E-state index is 0.777. The molecule has 25 heavy (non-hydrogen) atoms. The Morgan fingerprint density at radius 1 is 1.08 bits per heavy atom. The highest BCUT2D eigenvalue weighted by Gasteiger charge is 2.11. The van der Waals surface area contributed by atoms with Gasteiger partial charge in [-0.2, -0.15) is 0 Å². The maximum Gasteiger partial charge on any atom is 0.197 e. The minimum atomic E-state index is 0.777. The summed E-state index contributed by atoms with van der Waals surface area (Å²) in [6.45, 7) is 3.95. The van der Waals surface area contributed by atoms with Crippen LogP contribution >= 0.6 is 23.1 Å². The first kappa shape index (κ1) is 16.2. The fourth-order valence-corrected chi connectivity index (χ4v) is 4.51. The van der Waals surface area contributed by atoms with Gasteiger partial charge in [0.05, 0.1) is 10.7 Å². The molecule has 0 aliphatic heterocycles. The Morgan fingerprint density at radius 2 is 1.92 bits per heavy atom. The molecule has 0 saturated heterocycles. The molecule has 0 amide bonds. The Bertz CT molecular complexity index is 1010. The molecule has 0 spiro atoms. The Morgan fingerprint density at radius 3 is 2.76 bits per heavy atom. The van der Waals surface area contributed by atoms with Gasteiger partial charge >= 0.3 is 0 Å². The van der Waals surface area contributed by atoms with Gasteiger partial charge in [0.15, 0.2) is 10.8 Å². The van der Waals surface area contributed by atoms with E-state index < -0.39 is 0 Å². The van der Waals surface area contributed by atoms with Gasteiger partial charge in [0.2, 0.25) is 0 Å². The second-order valence-corrected chi connectivity index (χ2v) is 7.69. The molecule has 0 saturated carbocycles. The van der Waals surface area contributed by atoms with Crippen molar-refractivity contribution in [2.75, 3.05) is 0 Å². The lowest BCUT2D eigenvalue weighted by molar-refractivity contribution is 0.853. The molecule has 0 radical (unpaired) electrons. The van der Waals surface area contributed by atoms with Crippen LogP contribution in [0.25, 0.3) is 5.65 Å². The smallest absolute Gasteiger partial charge is 0.197 e. The molecule has 1 aromatic carbocycles. The van der Waals surface area contributed by atoms with Crippen molar-refractivity contribution in [1.29, 1.82) is 0 Å². The Labute approximate surface area is 154 Å². The summed E-state index contributed by atoms with van der Waals surface area (Å²) in [5.74, 6) is 1.69. The molecule has 0 N–H and O–H groups in total. The lowest BCUT2D eigenvalue weighted by Gasteiger charge is -2.03. The number of benzene rings is 1. The fourth-order valence-electron chi connectivity index (χ4n) is 2.70. The molecule has 126 valence electrons. The van der Waals surface area contributed by atoms with E-state index in [1.165, 1.54) is 5.56 Å². The van der Waals surface area contributed by atoms with E-state index in [4.69, 9.17) is 4.98 Å². The van der Waals surface area contributed by atoms with Gasteiger partial charge < -0.3 is 0 Å². The normalized spacial score (nSPS) is 11.3. The standard InChI is InChI=1S/C18H17N5S2/c1-12-8-16-21-22-18(23(16)13(2)19-12)25-11-15-10-24-17(20-15)9-14-6-4-3-5-7-14/h3-8,10H,9,11H2,1-2H3. The molecule has 0 fully saturated rings. The van der Waals surface area contributed by atoms with E-state index in [2.05, 4.69) is 44.8 Å². The summed E-state index contributed by atoms with van der Waals surface area (Å²) in [4.78, 5) is 9.24. The average Bonchev–Trinajstić information content (AvgIpc) is 3.20. The highest BCUT2D eigenvalue weighted by Crippen LogP contribution is 2.24. The number of nitrogens with zero attached hydrogens (tertiary/aromatic N) is 5. The third-order valence-electron chi connectivity index (χ3n) is 3.80. The first-order valence-electron chi connectivity index (χ1n) is 7.98. The number of thioether (sulfide) groups is 1. The van der Waals surface area contributed by atoms with E-state index in [0.29, 0.717) is 0 Å². The second-order valence-electron chi connectivity index (χ2n) is 5.80. The third-order valence-corrected chi connectivity index (χ3v) is 5.66. The lowest BCUT2D eigenvalue weighted by atomic mass is 10.2. The summed E-state index contributed by atoms with van der Waals surface area (Å²) in [7, 11) is 0. The van der Waals surface area contributed by atoms with E-state index in [0.717, 1.165) is 45.2 Å². The zero-order valence-corrected chi connectivity index (χ0v) is 15.6. The number of rotatable bonds is 5. The summed E-state index contributed by atoms with van der Waals surface area (Å²) in [6, 6.07) is 12.4. The number of aromatic nitrogens is 5. The van der Waals surface area contributed by atoms with E-state index in [1.807, 2.05) is 30.4 Å². The van der Waals surface area contributed by atoms with Crippen molar-refractivity contribution in [2.45, 2.75) is 31.2 Å². The molecule has 0 atom stereocenters. The molecule has 0 bridgehead atoms. The van der Waals surface area contributed by atoms with Crippen LogP contribution in [0.15, 0.2) is 46.9 Å². The zero-order chi connectivity index (χ0) is 17.2. The van der Waals surface area contributed by atoms with Gasteiger partial charge in [-0.05, 0) is 19.4 Å². The largest absolute Gasteiger partial charge is 0.258 e. The van der Waals surface area contributed by atoms with E-state index in [1.54, 1.807) is 23.1 Å². The van der Waals surface area contributed by atoms with Crippen LogP contribution in [-0.4, -0.2) is 24.6 Å². The maximum atomic E-state index is 4.75. The Hall–Kier alpha value is -2.25. The van der Waals surface area contributed by atoms with Crippen molar-refractivity contribution in [3.63, 3.8) is 0 Å². The molecule has 3 aromatic heterocycles. The first-order valence-corrected chi connectivity index (χ1v) is 9.85. The van der Waals surface area contributed by atoms with Crippen LogP contribution in [0, 0.1) is 13.8 Å². The summed E-state index contributed by atoms with van der Waals surface area (Å²) < 4.78 is 1.99. The second kappa shape index (κ2) is 6.93. The molecule has 7 heteroatoms. The molecular formula is C18H17N5S2. The van der Waals surface area contributed by atoms with Crippen LogP contribution in [0.5, 0.6) is 0 Å². The fraction of sp³-hybridized carbons (Fsp3) is 0.222. The van der Waals surface area contributed by atoms with Crippen LogP contribution in [0.4, 0.5) is 0 Å². The van der Waals surface area contributed by atoms with Gasteiger partial charge in [-0.25, -0.2) is 9.97 Å². The molecule has 0 aliphatic carbocycles. The summed E-state index contributed by atoms with van der Waals surface area (Å²) >= 11 is 3.35. The molecule has 4 rings (SSSR count). The SMILES string of the molecule is Cc1cc2nnc(SCc3csc(Cc4ccccc4)n3)n2c(C)n1. The monoisotopic (exact) mass is 367 g/mol. The lowest BCUT2D eigenvalue weighted by Crippen LogP contribution is -1.98. The summed E-state index contributed by atoms with van der Waals surface area (Å²) in [5.41, 5.74) is 4.17. The maximum absolute atomic E-state index is 4.75. The Kier molecular flexibility index (Phi) is 4.50. The van der Waals surface area contributed by atoms with Crippen LogP contribution in [-0.2, 0) is 12.2 Å². The number of hydrogen-bond acceptors (Lipinski definition) is 6. The van der Waals surface area contributed by atoms with Gasteiger partial charge in [0.25, 0.3) is 0 Å². The molecule has 4 aromatic rings. The molecule has 5 nitrogen and oxygen atoms in total. The average molecular weight is 368 g/mol. The van der Waals surface area contributed by atoms with Crippen molar-refractivity contribution in [3.05, 3.63) is 69.6 Å². The molecule has 0 unspecified atom stereocenters. The van der Waals surface area contributed by atoms with Crippen LogP contribution in [0.1, 0.15) is 27.8 Å². The van der Waals surface area contributed by atoms with Crippen LogP contribution in [0.2, 0.25) is 0 Å². The van der Waals surface area contributed by atoms with E-state index in [9.17, 15) is 0 Å². The van der Waals surface area contributed by atoms with Gasteiger partial charge in [0, 0.05) is 29.3 Å².